The minimum absolute atomic E-state index is 0.142. The third kappa shape index (κ3) is 3.61. The molecule has 1 N–H and O–H groups in total. The Labute approximate surface area is 129 Å². The number of benzene rings is 1. The van der Waals surface area contributed by atoms with Gasteiger partial charge in [0.05, 0.1) is 8.66 Å². The van der Waals surface area contributed by atoms with Gasteiger partial charge in [-0.05, 0) is 55.6 Å². The summed E-state index contributed by atoms with van der Waals surface area (Å²) in [6.45, 7) is 0.142. The van der Waals surface area contributed by atoms with E-state index in [1.54, 1.807) is 6.07 Å². The third-order valence-corrected chi connectivity index (χ3v) is 5.56. The standard InChI is InChI=1S/C12H7Br2F2NOS/c13-7-4-10(19-11(7)14)12(18)17-5-6-1-2-8(15)9(16)3-6/h1-4H,5H2,(H,17,18). The SMILES string of the molecule is O=C(NCc1ccc(F)c(F)c1)c1cc(Br)c(Br)s1. The Morgan fingerprint density at radius 2 is 1.95 bits per heavy atom. The van der Waals surface area contributed by atoms with Crippen molar-refractivity contribution in [1.82, 2.24) is 5.32 Å². The van der Waals surface area contributed by atoms with Crippen molar-refractivity contribution in [2.45, 2.75) is 6.54 Å². The molecule has 0 bridgehead atoms. The van der Waals surface area contributed by atoms with Crippen LogP contribution >= 0.6 is 43.2 Å². The van der Waals surface area contributed by atoms with E-state index in [2.05, 4.69) is 37.2 Å². The zero-order chi connectivity index (χ0) is 14.0. The van der Waals surface area contributed by atoms with Gasteiger partial charge in [-0.2, -0.15) is 0 Å². The molecule has 0 aliphatic rings. The number of hydrogen-bond donors (Lipinski definition) is 1. The summed E-state index contributed by atoms with van der Waals surface area (Å²) in [4.78, 5) is 12.4. The second kappa shape index (κ2) is 6.11. The number of nitrogens with one attached hydrogen (secondary N) is 1. The fraction of sp³-hybridized carbons (Fsp3) is 0.0833. The highest BCUT2D eigenvalue weighted by atomic mass is 79.9. The van der Waals surface area contributed by atoms with Gasteiger partial charge in [-0.1, -0.05) is 6.07 Å². The number of amides is 1. The Morgan fingerprint density at radius 3 is 2.53 bits per heavy atom. The molecule has 2 nitrogen and oxygen atoms in total. The van der Waals surface area contributed by atoms with Crippen LogP contribution in [0.5, 0.6) is 0 Å². The van der Waals surface area contributed by atoms with Gasteiger partial charge in [0.15, 0.2) is 11.6 Å². The average Bonchev–Trinajstić information content (AvgIpc) is 2.71. The van der Waals surface area contributed by atoms with Gasteiger partial charge in [-0.3, -0.25) is 4.79 Å². The largest absolute Gasteiger partial charge is 0.347 e. The van der Waals surface area contributed by atoms with Crippen molar-refractivity contribution < 1.29 is 13.6 Å². The molecule has 0 unspecified atom stereocenters. The van der Waals surface area contributed by atoms with Crippen LogP contribution in [-0.4, -0.2) is 5.91 Å². The Bertz CT molecular complexity index is 611. The first kappa shape index (κ1) is 14.6. The number of rotatable bonds is 3. The molecule has 0 aliphatic heterocycles. The third-order valence-electron chi connectivity index (χ3n) is 2.31. The molecule has 0 saturated heterocycles. The molecular formula is C12H7Br2F2NOS. The van der Waals surface area contributed by atoms with Crippen LogP contribution in [0.3, 0.4) is 0 Å². The molecule has 1 amide bonds. The zero-order valence-electron chi connectivity index (χ0n) is 9.34. The van der Waals surface area contributed by atoms with E-state index < -0.39 is 11.6 Å². The van der Waals surface area contributed by atoms with Crippen LogP contribution in [0.25, 0.3) is 0 Å². The van der Waals surface area contributed by atoms with E-state index in [4.69, 9.17) is 0 Å². The summed E-state index contributed by atoms with van der Waals surface area (Å²) in [5.74, 6) is -2.09. The van der Waals surface area contributed by atoms with Gasteiger partial charge < -0.3 is 5.32 Å². The highest BCUT2D eigenvalue weighted by molar-refractivity contribution is 9.13. The van der Waals surface area contributed by atoms with Crippen LogP contribution in [0.1, 0.15) is 15.2 Å². The minimum atomic E-state index is -0.923. The maximum absolute atomic E-state index is 13.0. The predicted octanol–water partition coefficient (Wildman–Crippen LogP) is 4.48. The van der Waals surface area contributed by atoms with Crippen molar-refractivity contribution >= 4 is 49.1 Å². The maximum Gasteiger partial charge on any atom is 0.261 e. The van der Waals surface area contributed by atoms with Crippen molar-refractivity contribution in [2.75, 3.05) is 0 Å². The lowest BCUT2D eigenvalue weighted by Gasteiger charge is -2.04. The number of thiophene rings is 1. The van der Waals surface area contributed by atoms with Crippen molar-refractivity contribution in [3.8, 4) is 0 Å². The molecule has 100 valence electrons. The molecule has 1 heterocycles. The van der Waals surface area contributed by atoms with Gasteiger partial charge in [-0.25, -0.2) is 8.78 Å². The number of hydrogen-bond acceptors (Lipinski definition) is 2. The number of carbonyl (C=O) groups excluding carboxylic acids is 1. The molecular weight excluding hydrogens is 404 g/mol. The molecule has 0 saturated carbocycles. The van der Waals surface area contributed by atoms with E-state index in [0.717, 1.165) is 20.4 Å². The van der Waals surface area contributed by atoms with E-state index in [9.17, 15) is 13.6 Å². The first-order chi connectivity index (χ1) is 8.97. The monoisotopic (exact) mass is 409 g/mol. The molecule has 1 aromatic carbocycles. The summed E-state index contributed by atoms with van der Waals surface area (Å²) < 4.78 is 27.3. The van der Waals surface area contributed by atoms with Crippen molar-refractivity contribution in [3.63, 3.8) is 0 Å². The fourth-order valence-corrected chi connectivity index (χ4v) is 3.33. The molecule has 0 aliphatic carbocycles. The van der Waals surface area contributed by atoms with Gasteiger partial charge in [0.25, 0.3) is 5.91 Å². The average molecular weight is 411 g/mol. The molecule has 1 aromatic heterocycles. The lowest BCUT2D eigenvalue weighted by molar-refractivity contribution is 0.0955. The van der Waals surface area contributed by atoms with Crippen molar-refractivity contribution in [3.05, 3.63) is 54.6 Å². The van der Waals surface area contributed by atoms with Crippen molar-refractivity contribution in [1.29, 1.82) is 0 Å². The lowest BCUT2D eigenvalue weighted by atomic mass is 10.2. The Balaban J connectivity index is 2.02. The summed E-state index contributed by atoms with van der Waals surface area (Å²) >= 11 is 7.88. The quantitative estimate of drug-likeness (QED) is 0.793. The summed E-state index contributed by atoms with van der Waals surface area (Å²) in [5, 5.41) is 2.64. The van der Waals surface area contributed by atoms with Gasteiger partial charge in [0, 0.05) is 11.0 Å². The van der Waals surface area contributed by atoms with Gasteiger partial charge in [0.1, 0.15) is 0 Å². The summed E-state index contributed by atoms with van der Waals surface area (Å²) in [7, 11) is 0. The van der Waals surface area contributed by atoms with E-state index >= 15 is 0 Å². The minimum Gasteiger partial charge on any atom is -0.347 e. The molecule has 7 heteroatoms. The fourth-order valence-electron chi connectivity index (χ4n) is 1.38. The van der Waals surface area contributed by atoms with Crippen LogP contribution in [0.15, 0.2) is 32.5 Å². The smallest absolute Gasteiger partial charge is 0.261 e. The van der Waals surface area contributed by atoms with Gasteiger partial charge in [0.2, 0.25) is 0 Å². The highest BCUT2D eigenvalue weighted by Crippen LogP contribution is 2.32. The van der Waals surface area contributed by atoms with E-state index in [0.29, 0.717) is 10.4 Å². The molecule has 0 radical (unpaired) electrons. The summed E-state index contributed by atoms with van der Waals surface area (Å²) in [5.41, 5.74) is 0.502. The zero-order valence-corrected chi connectivity index (χ0v) is 13.3. The lowest BCUT2D eigenvalue weighted by Crippen LogP contribution is -2.21. The second-order valence-corrected chi connectivity index (χ2v) is 6.89. The first-order valence-corrected chi connectivity index (χ1v) is 7.54. The molecule has 0 spiro atoms. The number of carbonyl (C=O) groups is 1. The molecule has 0 fully saturated rings. The summed E-state index contributed by atoms with van der Waals surface area (Å²) in [6.07, 6.45) is 0. The predicted molar refractivity (Wildman–Crippen MR) is 77.2 cm³/mol. The molecule has 0 atom stereocenters. The van der Waals surface area contributed by atoms with E-state index in [-0.39, 0.29) is 12.5 Å². The normalized spacial score (nSPS) is 10.5. The Kier molecular flexibility index (Phi) is 4.70. The Morgan fingerprint density at radius 1 is 1.21 bits per heavy atom. The molecule has 2 rings (SSSR count). The molecule has 2 aromatic rings. The van der Waals surface area contributed by atoms with Crippen molar-refractivity contribution in [2.24, 2.45) is 0 Å². The highest BCUT2D eigenvalue weighted by Gasteiger charge is 2.12. The topological polar surface area (TPSA) is 29.1 Å². The van der Waals surface area contributed by atoms with Crippen LogP contribution in [0.4, 0.5) is 8.78 Å². The van der Waals surface area contributed by atoms with Crippen LogP contribution in [-0.2, 0) is 6.54 Å². The summed E-state index contributed by atoms with van der Waals surface area (Å²) in [6, 6.07) is 5.22. The van der Waals surface area contributed by atoms with Crippen LogP contribution in [0.2, 0.25) is 0 Å². The first-order valence-electron chi connectivity index (χ1n) is 5.14. The van der Waals surface area contributed by atoms with Crippen LogP contribution < -0.4 is 5.32 Å². The maximum atomic E-state index is 13.0. The second-order valence-electron chi connectivity index (χ2n) is 3.66. The van der Waals surface area contributed by atoms with E-state index in [1.165, 1.54) is 17.4 Å². The number of halogens is 4. The Hall–Kier alpha value is -0.790. The van der Waals surface area contributed by atoms with Gasteiger partial charge >= 0.3 is 0 Å². The van der Waals surface area contributed by atoms with Crippen LogP contribution in [0, 0.1) is 11.6 Å². The van der Waals surface area contributed by atoms with Gasteiger partial charge in [-0.15, -0.1) is 11.3 Å². The van der Waals surface area contributed by atoms with E-state index in [1.807, 2.05) is 0 Å². The molecule has 19 heavy (non-hydrogen) atoms.